The number of hydrogen-bond acceptors (Lipinski definition) is 5. The van der Waals surface area contributed by atoms with Crippen molar-refractivity contribution in [1.29, 1.82) is 0 Å². The van der Waals surface area contributed by atoms with Gasteiger partial charge in [-0.1, -0.05) is 0 Å². The molecule has 108 valence electrons. The second-order valence-electron chi connectivity index (χ2n) is 4.33. The molecule has 20 heavy (non-hydrogen) atoms. The molecule has 7 nitrogen and oxygen atoms in total. The van der Waals surface area contributed by atoms with Gasteiger partial charge in [0.2, 0.25) is 11.9 Å². The first-order chi connectivity index (χ1) is 9.53. The summed E-state index contributed by atoms with van der Waals surface area (Å²) in [6.45, 7) is 1.76. The summed E-state index contributed by atoms with van der Waals surface area (Å²) in [6.07, 6.45) is 0. The topological polar surface area (TPSA) is 91.4 Å². The predicted molar refractivity (Wildman–Crippen MR) is 76.0 cm³/mol. The zero-order valence-corrected chi connectivity index (χ0v) is 11.9. The number of nitrogens with two attached hydrogens (primary N) is 1. The van der Waals surface area contributed by atoms with Crippen molar-refractivity contribution in [2.75, 3.05) is 27.0 Å². The Kier molecular flexibility index (Phi) is 3.69. The highest BCUT2D eigenvalue weighted by Gasteiger charge is 2.21. The van der Waals surface area contributed by atoms with Gasteiger partial charge in [0.1, 0.15) is 6.04 Å². The van der Waals surface area contributed by atoms with Gasteiger partial charge in [-0.15, -0.1) is 0 Å². The van der Waals surface area contributed by atoms with E-state index in [-0.39, 0.29) is 11.9 Å². The molecular formula is C13H18N4O3. The monoisotopic (exact) mass is 278 g/mol. The van der Waals surface area contributed by atoms with E-state index >= 15 is 0 Å². The van der Waals surface area contributed by atoms with Crippen LogP contribution >= 0.6 is 0 Å². The molecule has 0 saturated heterocycles. The van der Waals surface area contributed by atoms with Crippen LogP contribution in [0.15, 0.2) is 12.1 Å². The van der Waals surface area contributed by atoms with Crippen LogP contribution in [0.25, 0.3) is 11.0 Å². The number of methoxy groups -OCH3 is 2. The molecule has 0 saturated carbocycles. The minimum atomic E-state index is -0.469. The predicted octanol–water partition coefficient (Wildman–Crippen LogP) is 0.943. The molecule has 1 heterocycles. The zero-order chi connectivity index (χ0) is 14.9. The normalized spacial score (nSPS) is 12.2. The number of anilines is 1. The van der Waals surface area contributed by atoms with Crippen LogP contribution in [0.2, 0.25) is 0 Å². The molecule has 1 atom stereocenters. The first-order valence-electron chi connectivity index (χ1n) is 6.14. The maximum absolute atomic E-state index is 11.8. The smallest absolute Gasteiger partial charge is 0.242 e. The van der Waals surface area contributed by atoms with E-state index in [9.17, 15) is 4.79 Å². The standard InChI is InChI=1S/C13H18N4O3/c1-7(12(18)15-2)17-9-6-11(20-4)10(19-3)5-8(9)16-13(17)14/h5-7H,1-4H3,(H2,14,16)(H,15,18). The summed E-state index contributed by atoms with van der Waals surface area (Å²) >= 11 is 0. The summed E-state index contributed by atoms with van der Waals surface area (Å²) in [6, 6.07) is 3.03. The molecule has 0 aliphatic heterocycles. The Morgan fingerprint density at radius 3 is 2.50 bits per heavy atom. The summed E-state index contributed by atoms with van der Waals surface area (Å²) < 4.78 is 12.2. The Bertz CT molecular complexity index is 651. The minimum absolute atomic E-state index is 0.147. The maximum Gasteiger partial charge on any atom is 0.242 e. The van der Waals surface area contributed by atoms with Crippen LogP contribution in [-0.2, 0) is 4.79 Å². The highest BCUT2D eigenvalue weighted by Crippen LogP contribution is 2.34. The van der Waals surface area contributed by atoms with Gasteiger partial charge in [-0.05, 0) is 6.92 Å². The van der Waals surface area contributed by atoms with Crippen molar-refractivity contribution >= 4 is 22.9 Å². The van der Waals surface area contributed by atoms with Gasteiger partial charge < -0.3 is 20.5 Å². The number of nitrogen functional groups attached to an aromatic ring is 1. The number of carbonyl (C=O) groups excluding carboxylic acids is 1. The number of likely N-dealkylation sites (N-methyl/N-ethyl adjacent to an activating group) is 1. The average molecular weight is 278 g/mol. The molecule has 7 heteroatoms. The van der Waals surface area contributed by atoms with Gasteiger partial charge in [0.05, 0.1) is 25.3 Å². The number of rotatable bonds is 4. The van der Waals surface area contributed by atoms with E-state index in [2.05, 4.69) is 10.3 Å². The van der Waals surface area contributed by atoms with Gasteiger partial charge in [0.15, 0.2) is 11.5 Å². The third-order valence-corrected chi connectivity index (χ3v) is 3.24. The molecule has 0 aliphatic rings. The van der Waals surface area contributed by atoms with Gasteiger partial charge in [-0.3, -0.25) is 9.36 Å². The highest BCUT2D eigenvalue weighted by atomic mass is 16.5. The van der Waals surface area contributed by atoms with Crippen molar-refractivity contribution in [3.8, 4) is 11.5 Å². The van der Waals surface area contributed by atoms with Crippen molar-refractivity contribution in [2.24, 2.45) is 0 Å². The van der Waals surface area contributed by atoms with E-state index in [0.717, 1.165) is 5.52 Å². The van der Waals surface area contributed by atoms with Crippen LogP contribution in [0.4, 0.5) is 5.95 Å². The van der Waals surface area contributed by atoms with Crippen LogP contribution in [0.3, 0.4) is 0 Å². The number of ether oxygens (including phenoxy) is 2. The fraction of sp³-hybridized carbons (Fsp3) is 0.385. The number of aromatic nitrogens is 2. The summed E-state index contributed by atoms with van der Waals surface area (Å²) in [5, 5.41) is 2.60. The number of amides is 1. The maximum atomic E-state index is 11.8. The van der Waals surface area contributed by atoms with Crippen LogP contribution in [-0.4, -0.2) is 36.7 Å². The van der Waals surface area contributed by atoms with Gasteiger partial charge in [0.25, 0.3) is 0 Å². The molecule has 0 spiro atoms. The first-order valence-corrected chi connectivity index (χ1v) is 6.14. The van der Waals surface area contributed by atoms with Crippen molar-refractivity contribution in [3.63, 3.8) is 0 Å². The van der Waals surface area contributed by atoms with E-state index in [0.29, 0.717) is 17.0 Å². The molecule has 3 N–H and O–H groups in total. The summed E-state index contributed by atoms with van der Waals surface area (Å²) in [4.78, 5) is 16.1. The highest BCUT2D eigenvalue weighted by molar-refractivity contribution is 5.87. The van der Waals surface area contributed by atoms with Crippen LogP contribution in [0.5, 0.6) is 11.5 Å². The number of nitrogens with one attached hydrogen (secondary N) is 1. The number of benzene rings is 1. The lowest BCUT2D eigenvalue weighted by molar-refractivity contribution is -0.123. The fourth-order valence-electron chi connectivity index (χ4n) is 2.17. The van der Waals surface area contributed by atoms with E-state index in [1.807, 2.05) is 0 Å². The van der Waals surface area contributed by atoms with Crippen LogP contribution < -0.4 is 20.5 Å². The number of carbonyl (C=O) groups is 1. The second-order valence-corrected chi connectivity index (χ2v) is 4.33. The van der Waals surface area contributed by atoms with Crippen molar-refractivity contribution in [2.45, 2.75) is 13.0 Å². The lowest BCUT2D eigenvalue weighted by atomic mass is 10.2. The fourth-order valence-corrected chi connectivity index (χ4v) is 2.17. The Hall–Kier alpha value is -2.44. The Morgan fingerprint density at radius 2 is 1.95 bits per heavy atom. The third-order valence-electron chi connectivity index (χ3n) is 3.24. The van der Waals surface area contributed by atoms with Gasteiger partial charge >= 0.3 is 0 Å². The molecule has 2 rings (SSSR count). The Morgan fingerprint density at radius 1 is 1.35 bits per heavy atom. The van der Waals surface area contributed by atoms with E-state index in [4.69, 9.17) is 15.2 Å². The lowest BCUT2D eigenvalue weighted by Crippen LogP contribution is -2.28. The largest absolute Gasteiger partial charge is 0.493 e. The van der Waals surface area contributed by atoms with Crippen molar-refractivity contribution in [3.05, 3.63) is 12.1 Å². The van der Waals surface area contributed by atoms with Crippen LogP contribution in [0, 0.1) is 0 Å². The SMILES string of the molecule is CNC(=O)C(C)n1c(N)nc2cc(OC)c(OC)cc21. The summed E-state index contributed by atoms with van der Waals surface area (Å²) in [5.41, 5.74) is 7.29. The molecular weight excluding hydrogens is 260 g/mol. The summed E-state index contributed by atoms with van der Waals surface area (Å²) in [7, 11) is 4.69. The Balaban J connectivity index is 2.66. The molecule has 2 aromatic rings. The average Bonchev–Trinajstić information content (AvgIpc) is 2.78. The van der Waals surface area contributed by atoms with Crippen LogP contribution in [0.1, 0.15) is 13.0 Å². The van der Waals surface area contributed by atoms with Gasteiger partial charge in [0, 0.05) is 19.2 Å². The molecule has 1 unspecified atom stereocenters. The van der Waals surface area contributed by atoms with E-state index in [1.54, 1.807) is 44.9 Å². The third kappa shape index (κ3) is 2.11. The first kappa shape index (κ1) is 14.0. The number of fused-ring (bicyclic) bond motifs is 1. The van der Waals surface area contributed by atoms with E-state index in [1.165, 1.54) is 0 Å². The molecule has 1 aromatic heterocycles. The molecule has 0 aliphatic carbocycles. The number of nitrogens with zero attached hydrogens (tertiary/aromatic N) is 2. The number of hydrogen-bond donors (Lipinski definition) is 2. The van der Waals surface area contributed by atoms with Gasteiger partial charge in [-0.2, -0.15) is 0 Å². The van der Waals surface area contributed by atoms with Gasteiger partial charge in [-0.25, -0.2) is 4.98 Å². The van der Waals surface area contributed by atoms with Crippen molar-refractivity contribution < 1.29 is 14.3 Å². The molecule has 0 bridgehead atoms. The van der Waals surface area contributed by atoms with Crippen molar-refractivity contribution in [1.82, 2.24) is 14.9 Å². The lowest BCUT2D eigenvalue weighted by Gasteiger charge is -2.15. The second kappa shape index (κ2) is 5.28. The number of imidazole rings is 1. The summed E-state index contributed by atoms with van der Waals surface area (Å²) in [5.74, 6) is 1.25. The zero-order valence-electron chi connectivity index (χ0n) is 11.9. The quantitative estimate of drug-likeness (QED) is 0.868. The Labute approximate surface area is 116 Å². The molecule has 1 amide bonds. The minimum Gasteiger partial charge on any atom is -0.493 e. The molecule has 0 radical (unpaired) electrons. The molecule has 1 aromatic carbocycles. The van der Waals surface area contributed by atoms with E-state index < -0.39 is 6.04 Å². The molecule has 0 fully saturated rings.